The molecule has 2 heterocycles. The minimum Gasteiger partial charge on any atom is -0.492 e. The summed E-state index contributed by atoms with van der Waals surface area (Å²) in [4.78, 5) is 16.1. The van der Waals surface area contributed by atoms with Crippen LogP contribution >= 0.6 is 0 Å². The number of aliphatic hydroxyl groups excluding tert-OH is 1. The summed E-state index contributed by atoms with van der Waals surface area (Å²) in [6.45, 7) is 5.81. The van der Waals surface area contributed by atoms with Crippen molar-refractivity contribution in [3.05, 3.63) is 30.3 Å². The second kappa shape index (κ2) is 7.40. The predicted octanol–water partition coefficient (Wildman–Crippen LogP) is 1.73. The smallest absolute Gasteiger partial charge is 0.410 e. The molecule has 1 amide bonds. The molecule has 3 rings (SSSR count). The summed E-state index contributed by atoms with van der Waals surface area (Å²) in [7, 11) is 0. The first-order valence-electron chi connectivity index (χ1n) is 8.63. The number of likely N-dealkylation sites (tertiary alicyclic amines) is 1. The number of aliphatic hydroxyl groups is 1. The number of nitrogens with zero attached hydrogens (tertiary/aromatic N) is 2. The van der Waals surface area contributed by atoms with E-state index in [0.29, 0.717) is 26.2 Å². The van der Waals surface area contributed by atoms with Crippen molar-refractivity contribution in [1.29, 1.82) is 0 Å². The Bertz CT molecular complexity index is 541. The van der Waals surface area contributed by atoms with Crippen LogP contribution in [-0.2, 0) is 4.74 Å². The Hall–Kier alpha value is -1.79. The third-order valence-corrected chi connectivity index (χ3v) is 4.70. The molecule has 2 aliphatic heterocycles. The van der Waals surface area contributed by atoms with E-state index in [0.717, 1.165) is 31.7 Å². The van der Waals surface area contributed by atoms with Gasteiger partial charge in [0.05, 0.1) is 19.2 Å². The van der Waals surface area contributed by atoms with Crippen LogP contribution < -0.4 is 4.74 Å². The van der Waals surface area contributed by atoms with Gasteiger partial charge in [0.25, 0.3) is 0 Å². The zero-order valence-corrected chi connectivity index (χ0v) is 14.2. The summed E-state index contributed by atoms with van der Waals surface area (Å²) in [5.41, 5.74) is -0.362. The largest absolute Gasteiger partial charge is 0.492 e. The zero-order valence-electron chi connectivity index (χ0n) is 14.2. The fourth-order valence-corrected chi connectivity index (χ4v) is 3.43. The van der Waals surface area contributed by atoms with Crippen molar-refractivity contribution in [2.24, 2.45) is 0 Å². The molecular weight excluding hydrogens is 308 g/mol. The minimum atomic E-state index is -0.362. The van der Waals surface area contributed by atoms with Crippen molar-refractivity contribution < 1.29 is 19.4 Å². The normalized spacial score (nSPS) is 21.8. The molecule has 6 nitrogen and oxygen atoms in total. The average molecular weight is 334 g/mol. The van der Waals surface area contributed by atoms with Gasteiger partial charge in [-0.3, -0.25) is 0 Å². The fourth-order valence-electron chi connectivity index (χ4n) is 3.43. The summed E-state index contributed by atoms with van der Waals surface area (Å²) in [6, 6.07) is 9.60. The molecule has 24 heavy (non-hydrogen) atoms. The number of piperidine rings is 1. The van der Waals surface area contributed by atoms with E-state index in [9.17, 15) is 9.90 Å². The standard InChI is InChI=1S/C18H26N2O4/c1-15(21)13-19-9-7-18(8-10-19)14-20(17(22)24-18)11-12-23-16-5-3-2-4-6-16/h2-6,15,21H,7-14H2,1H3/t15-/m0/s1. The maximum Gasteiger partial charge on any atom is 0.410 e. The van der Waals surface area contributed by atoms with Gasteiger partial charge in [0.1, 0.15) is 18.0 Å². The van der Waals surface area contributed by atoms with Gasteiger partial charge in [0.15, 0.2) is 0 Å². The number of hydrogen-bond donors (Lipinski definition) is 1. The Morgan fingerprint density at radius 1 is 1.29 bits per heavy atom. The van der Waals surface area contributed by atoms with Crippen LogP contribution in [0.25, 0.3) is 0 Å². The SMILES string of the molecule is C[C@H](O)CN1CCC2(CC1)CN(CCOc1ccccc1)C(=O)O2. The number of β-amino-alcohol motifs (C(OH)–C–C–N with tert-alkyl or cyclic N) is 1. The first-order valence-corrected chi connectivity index (χ1v) is 8.63. The van der Waals surface area contributed by atoms with Crippen molar-refractivity contribution in [3.8, 4) is 5.75 Å². The summed E-state index contributed by atoms with van der Waals surface area (Å²) in [6.07, 6.45) is 1.08. The molecule has 0 saturated carbocycles. The van der Waals surface area contributed by atoms with Crippen LogP contribution in [0.4, 0.5) is 4.79 Å². The Morgan fingerprint density at radius 2 is 2.00 bits per heavy atom. The van der Waals surface area contributed by atoms with Crippen molar-refractivity contribution in [3.63, 3.8) is 0 Å². The van der Waals surface area contributed by atoms with Crippen molar-refractivity contribution in [1.82, 2.24) is 9.80 Å². The fraction of sp³-hybridized carbons (Fsp3) is 0.611. The Labute approximate surface area is 143 Å². The third kappa shape index (κ3) is 4.19. The molecule has 2 fully saturated rings. The van der Waals surface area contributed by atoms with E-state index in [2.05, 4.69) is 4.90 Å². The molecule has 132 valence electrons. The molecule has 2 aliphatic rings. The highest BCUT2D eigenvalue weighted by Crippen LogP contribution is 2.33. The van der Waals surface area contributed by atoms with E-state index in [4.69, 9.17) is 9.47 Å². The van der Waals surface area contributed by atoms with Crippen LogP contribution in [0.5, 0.6) is 5.75 Å². The van der Waals surface area contributed by atoms with Crippen LogP contribution in [0.2, 0.25) is 0 Å². The molecule has 1 atom stereocenters. The van der Waals surface area contributed by atoms with Gasteiger partial charge < -0.3 is 24.4 Å². The number of para-hydroxylation sites is 1. The first-order chi connectivity index (χ1) is 11.6. The minimum absolute atomic E-state index is 0.240. The molecule has 0 radical (unpaired) electrons. The van der Waals surface area contributed by atoms with Crippen LogP contribution in [0, 0.1) is 0 Å². The molecule has 1 aromatic rings. The number of ether oxygens (including phenoxy) is 2. The van der Waals surface area contributed by atoms with Crippen molar-refractivity contribution >= 4 is 6.09 Å². The van der Waals surface area contributed by atoms with Gasteiger partial charge >= 0.3 is 6.09 Å². The van der Waals surface area contributed by atoms with Crippen LogP contribution in [0.15, 0.2) is 30.3 Å². The average Bonchev–Trinajstić information content (AvgIpc) is 2.86. The summed E-state index contributed by atoms with van der Waals surface area (Å²) in [5.74, 6) is 0.811. The van der Waals surface area contributed by atoms with Gasteiger partial charge in [0.2, 0.25) is 0 Å². The summed E-state index contributed by atoms with van der Waals surface area (Å²) < 4.78 is 11.4. The third-order valence-electron chi connectivity index (χ3n) is 4.70. The van der Waals surface area contributed by atoms with Gasteiger partial charge in [-0.15, -0.1) is 0 Å². The van der Waals surface area contributed by atoms with Gasteiger partial charge in [-0.25, -0.2) is 4.79 Å². The molecule has 0 unspecified atom stereocenters. The van der Waals surface area contributed by atoms with Crippen LogP contribution in [0.3, 0.4) is 0 Å². The lowest BCUT2D eigenvalue weighted by Crippen LogP contribution is -2.48. The van der Waals surface area contributed by atoms with E-state index in [1.807, 2.05) is 30.3 Å². The molecule has 2 saturated heterocycles. The first kappa shape index (κ1) is 17.0. The lowest BCUT2D eigenvalue weighted by atomic mass is 9.91. The lowest BCUT2D eigenvalue weighted by Gasteiger charge is -2.37. The summed E-state index contributed by atoms with van der Waals surface area (Å²) in [5, 5.41) is 9.49. The Kier molecular flexibility index (Phi) is 5.26. The number of amides is 1. The molecule has 6 heteroatoms. The number of carbonyl (C=O) groups is 1. The molecule has 0 bridgehead atoms. The van der Waals surface area contributed by atoms with Gasteiger partial charge in [-0.1, -0.05) is 18.2 Å². The second-order valence-corrected chi connectivity index (χ2v) is 6.78. The highest BCUT2D eigenvalue weighted by molar-refractivity contribution is 5.70. The molecule has 1 aromatic carbocycles. The molecule has 1 N–H and O–H groups in total. The quantitative estimate of drug-likeness (QED) is 0.858. The molecule has 0 aromatic heterocycles. The maximum absolute atomic E-state index is 12.1. The van der Waals surface area contributed by atoms with Crippen molar-refractivity contribution in [2.75, 3.05) is 39.3 Å². The van der Waals surface area contributed by atoms with Crippen LogP contribution in [-0.4, -0.2) is 72.0 Å². The Morgan fingerprint density at radius 3 is 2.67 bits per heavy atom. The monoisotopic (exact) mass is 334 g/mol. The number of hydrogen-bond acceptors (Lipinski definition) is 5. The number of rotatable bonds is 6. The van der Waals surface area contributed by atoms with E-state index >= 15 is 0 Å². The number of carbonyl (C=O) groups excluding carboxylic acids is 1. The van der Waals surface area contributed by atoms with Gasteiger partial charge in [-0.2, -0.15) is 0 Å². The lowest BCUT2D eigenvalue weighted by molar-refractivity contribution is -0.00832. The molecular formula is C18H26N2O4. The summed E-state index contributed by atoms with van der Waals surface area (Å²) >= 11 is 0. The maximum atomic E-state index is 12.1. The zero-order chi connectivity index (χ0) is 17.0. The van der Waals surface area contributed by atoms with Gasteiger partial charge in [-0.05, 0) is 19.1 Å². The molecule has 0 aliphatic carbocycles. The van der Waals surface area contributed by atoms with Gasteiger partial charge in [0, 0.05) is 32.5 Å². The Balaban J connectivity index is 1.46. The second-order valence-electron chi connectivity index (χ2n) is 6.78. The highest BCUT2D eigenvalue weighted by atomic mass is 16.6. The van der Waals surface area contributed by atoms with Crippen LogP contribution in [0.1, 0.15) is 19.8 Å². The van der Waals surface area contributed by atoms with E-state index in [1.54, 1.807) is 11.8 Å². The van der Waals surface area contributed by atoms with E-state index in [1.165, 1.54) is 0 Å². The topological polar surface area (TPSA) is 62.2 Å². The predicted molar refractivity (Wildman–Crippen MR) is 90.1 cm³/mol. The highest BCUT2D eigenvalue weighted by Gasteiger charge is 2.46. The van der Waals surface area contributed by atoms with E-state index < -0.39 is 0 Å². The number of benzene rings is 1. The molecule has 1 spiro atoms. The van der Waals surface area contributed by atoms with Crippen molar-refractivity contribution in [2.45, 2.75) is 31.5 Å². The van der Waals surface area contributed by atoms with E-state index in [-0.39, 0.29) is 17.8 Å².